The fourth-order valence-electron chi connectivity index (χ4n) is 3.03. The Hall–Kier alpha value is -3.61. The molecule has 0 aliphatic rings. The lowest BCUT2D eigenvalue weighted by Gasteiger charge is -2.10. The number of ether oxygens (including phenoxy) is 1. The van der Waals surface area contributed by atoms with E-state index in [-0.39, 0.29) is 5.91 Å². The minimum atomic E-state index is -0.282. The lowest BCUT2D eigenvalue weighted by atomic mass is 10.1. The molecule has 1 N–H and O–H groups in total. The van der Waals surface area contributed by atoms with Crippen molar-refractivity contribution in [2.24, 2.45) is 0 Å². The molecule has 136 valence electrons. The summed E-state index contributed by atoms with van der Waals surface area (Å²) in [4.78, 5) is 17.2. The van der Waals surface area contributed by atoms with E-state index in [9.17, 15) is 4.79 Å². The predicted octanol–water partition coefficient (Wildman–Crippen LogP) is 3.87. The Kier molecular flexibility index (Phi) is 4.12. The zero-order valence-electron chi connectivity index (χ0n) is 15.2. The number of aromatic nitrogens is 3. The van der Waals surface area contributed by atoms with Crippen LogP contribution in [0.25, 0.3) is 17.0 Å². The quantitative estimate of drug-likeness (QED) is 0.596. The minimum Gasteiger partial charge on any atom is -0.496 e. The number of methoxy groups -OCH3 is 1. The second kappa shape index (κ2) is 6.60. The van der Waals surface area contributed by atoms with Gasteiger partial charge in [0.05, 0.1) is 25.1 Å². The topological polar surface area (TPSA) is 81.7 Å². The molecule has 0 fully saturated rings. The highest BCUT2D eigenvalue weighted by Gasteiger charge is 2.17. The third-order valence-electron chi connectivity index (χ3n) is 4.27. The molecule has 4 rings (SSSR count). The first kappa shape index (κ1) is 16.8. The zero-order chi connectivity index (χ0) is 19.0. The van der Waals surface area contributed by atoms with Gasteiger partial charge in [-0.25, -0.2) is 9.50 Å². The molecule has 0 saturated carbocycles. The summed E-state index contributed by atoms with van der Waals surface area (Å²) >= 11 is 0. The lowest BCUT2D eigenvalue weighted by Crippen LogP contribution is -2.12. The van der Waals surface area contributed by atoms with E-state index in [1.807, 2.05) is 38.1 Å². The van der Waals surface area contributed by atoms with Crippen LogP contribution in [0, 0.1) is 13.8 Å². The molecule has 0 aliphatic heterocycles. The Bertz CT molecular complexity index is 1130. The smallest absolute Gasteiger partial charge is 0.261 e. The van der Waals surface area contributed by atoms with E-state index in [0.29, 0.717) is 28.4 Å². The number of anilines is 1. The predicted molar refractivity (Wildman–Crippen MR) is 101 cm³/mol. The Morgan fingerprint density at radius 3 is 2.81 bits per heavy atom. The average molecular weight is 362 g/mol. The van der Waals surface area contributed by atoms with Crippen LogP contribution >= 0.6 is 0 Å². The van der Waals surface area contributed by atoms with Crippen molar-refractivity contribution in [1.82, 2.24) is 14.6 Å². The highest BCUT2D eigenvalue weighted by atomic mass is 16.5. The molecule has 1 amide bonds. The molecule has 4 aromatic rings. The molecule has 0 spiro atoms. The van der Waals surface area contributed by atoms with E-state index in [0.717, 1.165) is 17.0 Å². The Labute approximate surface area is 155 Å². The molecule has 0 unspecified atom stereocenters. The van der Waals surface area contributed by atoms with E-state index in [1.165, 1.54) is 6.20 Å². The van der Waals surface area contributed by atoms with E-state index >= 15 is 0 Å². The number of hydrogen-bond acceptors (Lipinski definition) is 5. The summed E-state index contributed by atoms with van der Waals surface area (Å²) in [6.07, 6.45) is 3.13. The van der Waals surface area contributed by atoms with Crippen LogP contribution in [-0.4, -0.2) is 27.6 Å². The van der Waals surface area contributed by atoms with Gasteiger partial charge in [0.15, 0.2) is 5.65 Å². The maximum Gasteiger partial charge on any atom is 0.261 e. The molecule has 0 aliphatic carbocycles. The zero-order valence-corrected chi connectivity index (χ0v) is 15.2. The largest absolute Gasteiger partial charge is 0.496 e. The minimum absolute atomic E-state index is 0.282. The van der Waals surface area contributed by atoms with Gasteiger partial charge in [-0.2, -0.15) is 5.10 Å². The number of aryl methyl sites for hydroxylation is 2. The van der Waals surface area contributed by atoms with Gasteiger partial charge in [0.1, 0.15) is 17.1 Å². The van der Waals surface area contributed by atoms with Gasteiger partial charge in [-0.3, -0.25) is 4.79 Å². The Morgan fingerprint density at radius 1 is 1.22 bits per heavy atom. The maximum absolute atomic E-state index is 12.8. The molecule has 7 nitrogen and oxygen atoms in total. The second-order valence-corrected chi connectivity index (χ2v) is 6.18. The van der Waals surface area contributed by atoms with Gasteiger partial charge in [0.25, 0.3) is 5.91 Å². The van der Waals surface area contributed by atoms with E-state index in [2.05, 4.69) is 15.4 Å². The number of fused-ring (bicyclic) bond motifs is 1. The van der Waals surface area contributed by atoms with Crippen LogP contribution in [0.5, 0.6) is 5.75 Å². The number of rotatable bonds is 4. The molecule has 7 heteroatoms. The van der Waals surface area contributed by atoms with Crippen molar-refractivity contribution in [2.45, 2.75) is 13.8 Å². The van der Waals surface area contributed by atoms with Gasteiger partial charge in [-0.05, 0) is 44.2 Å². The third-order valence-corrected chi connectivity index (χ3v) is 4.27. The Morgan fingerprint density at radius 2 is 2.07 bits per heavy atom. The first-order chi connectivity index (χ1) is 13.1. The lowest BCUT2D eigenvalue weighted by molar-refractivity contribution is 0.102. The SMILES string of the molecule is COc1cc(NC(=O)c2cnn3c(C)cc(C)nc23)ccc1-c1ccco1. The van der Waals surface area contributed by atoms with E-state index < -0.39 is 0 Å². The van der Waals surface area contributed by atoms with Gasteiger partial charge < -0.3 is 14.5 Å². The van der Waals surface area contributed by atoms with Crippen LogP contribution in [0.4, 0.5) is 5.69 Å². The van der Waals surface area contributed by atoms with Crippen molar-refractivity contribution in [2.75, 3.05) is 12.4 Å². The molecule has 0 radical (unpaired) electrons. The fourth-order valence-corrected chi connectivity index (χ4v) is 3.03. The summed E-state index contributed by atoms with van der Waals surface area (Å²) in [5.74, 6) is 1.02. The number of nitrogens with zero attached hydrogens (tertiary/aromatic N) is 3. The van der Waals surface area contributed by atoms with Crippen molar-refractivity contribution in [3.05, 3.63) is 65.8 Å². The van der Waals surface area contributed by atoms with Crippen LogP contribution in [-0.2, 0) is 0 Å². The van der Waals surface area contributed by atoms with Crippen LogP contribution in [0.2, 0.25) is 0 Å². The van der Waals surface area contributed by atoms with Crippen molar-refractivity contribution in [3.8, 4) is 17.1 Å². The number of carbonyl (C=O) groups excluding carboxylic acids is 1. The van der Waals surface area contributed by atoms with Crippen LogP contribution in [0.15, 0.2) is 53.3 Å². The monoisotopic (exact) mass is 362 g/mol. The first-order valence-corrected chi connectivity index (χ1v) is 8.42. The number of furan rings is 1. The molecule has 0 bridgehead atoms. The number of amides is 1. The normalized spacial score (nSPS) is 10.9. The highest BCUT2D eigenvalue weighted by Crippen LogP contribution is 2.32. The molecule has 3 heterocycles. The molecule has 0 atom stereocenters. The molecule has 3 aromatic heterocycles. The third kappa shape index (κ3) is 3.03. The van der Waals surface area contributed by atoms with Crippen LogP contribution < -0.4 is 10.1 Å². The summed E-state index contributed by atoms with van der Waals surface area (Å²) in [5, 5.41) is 7.14. The van der Waals surface area contributed by atoms with Gasteiger partial charge in [-0.1, -0.05) is 0 Å². The van der Waals surface area contributed by atoms with Gasteiger partial charge in [0.2, 0.25) is 0 Å². The van der Waals surface area contributed by atoms with E-state index in [1.54, 1.807) is 30.0 Å². The van der Waals surface area contributed by atoms with E-state index in [4.69, 9.17) is 9.15 Å². The number of benzene rings is 1. The van der Waals surface area contributed by atoms with Gasteiger partial charge >= 0.3 is 0 Å². The number of hydrogen-bond donors (Lipinski definition) is 1. The number of nitrogens with one attached hydrogen (secondary N) is 1. The molecule has 1 aromatic carbocycles. The van der Waals surface area contributed by atoms with Crippen molar-refractivity contribution < 1.29 is 13.9 Å². The Balaban J connectivity index is 1.66. The molecular formula is C20H18N4O3. The molecule has 0 saturated heterocycles. The maximum atomic E-state index is 12.8. The number of carbonyl (C=O) groups is 1. The second-order valence-electron chi connectivity index (χ2n) is 6.18. The van der Waals surface area contributed by atoms with Gasteiger partial charge in [-0.15, -0.1) is 0 Å². The van der Waals surface area contributed by atoms with Crippen molar-refractivity contribution in [3.63, 3.8) is 0 Å². The standard InChI is InChI=1S/C20H18N4O3/c1-12-9-13(2)24-19(22-12)16(11-21-24)20(25)23-14-6-7-15(18(10-14)26-3)17-5-4-8-27-17/h4-11H,1-3H3,(H,23,25). The average Bonchev–Trinajstić information content (AvgIpc) is 3.31. The summed E-state index contributed by atoms with van der Waals surface area (Å²) in [6.45, 7) is 3.81. The van der Waals surface area contributed by atoms with Crippen LogP contribution in [0.3, 0.4) is 0 Å². The van der Waals surface area contributed by atoms with Crippen molar-refractivity contribution >= 4 is 17.2 Å². The molecule has 27 heavy (non-hydrogen) atoms. The van der Waals surface area contributed by atoms with Crippen molar-refractivity contribution in [1.29, 1.82) is 0 Å². The highest BCUT2D eigenvalue weighted by molar-refractivity contribution is 6.08. The van der Waals surface area contributed by atoms with Gasteiger partial charge in [0, 0.05) is 23.1 Å². The fraction of sp³-hybridized carbons (Fsp3) is 0.150. The molecular weight excluding hydrogens is 344 g/mol. The summed E-state index contributed by atoms with van der Waals surface area (Å²) < 4.78 is 12.5. The summed E-state index contributed by atoms with van der Waals surface area (Å²) in [6, 6.07) is 11.0. The van der Waals surface area contributed by atoms with Crippen LogP contribution in [0.1, 0.15) is 21.7 Å². The summed E-state index contributed by atoms with van der Waals surface area (Å²) in [5.41, 5.74) is 4.11. The summed E-state index contributed by atoms with van der Waals surface area (Å²) in [7, 11) is 1.58. The first-order valence-electron chi connectivity index (χ1n) is 8.42.